The van der Waals surface area contributed by atoms with Crippen molar-refractivity contribution >= 4 is 23.3 Å². The Balaban J connectivity index is 1.34. The highest BCUT2D eigenvalue weighted by molar-refractivity contribution is 5.96. The molecule has 1 atom stereocenters. The number of aromatic nitrogens is 2. The Kier molecular flexibility index (Phi) is 5.38. The molecule has 0 radical (unpaired) electrons. The van der Waals surface area contributed by atoms with Crippen molar-refractivity contribution in [1.82, 2.24) is 15.5 Å². The second-order valence-corrected chi connectivity index (χ2v) is 6.72. The quantitative estimate of drug-likeness (QED) is 0.669. The molecule has 1 aliphatic heterocycles. The van der Waals surface area contributed by atoms with Gasteiger partial charge >= 0.3 is 6.03 Å². The summed E-state index contributed by atoms with van der Waals surface area (Å²) in [5.74, 6) is -0.972. The summed E-state index contributed by atoms with van der Waals surface area (Å²) in [6.45, 7) is 0.203. The normalized spacial score (nSPS) is 16.0. The van der Waals surface area contributed by atoms with Crippen LogP contribution in [0, 0.1) is 11.6 Å². The molecule has 4 rings (SSSR count). The molecule has 8 nitrogen and oxygen atoms in total. The maximum atomic E-state index is 14.0. The monoisotopic (exact) mass is 413 g/mol. The second-order valence-electron chi connectivity index (χ2n) is 6.72. The standard InChI is InChI=1S/C20H17F2N5O3/c21-13-5-7-14(8-6-13)24-20(29)23-10-17-25-19(26-30-17)12-9-18(28)27(11-12)16-4-2-1-3-15(16)22/h1-8,12H,9-11H2,(H2,23,24,29)/t12-/m1/s1. The van der Waals surface area contributed by atoms with Crippen molar-refractivity contribution in [3.05, 3.63) is 71.9 Å². The summed E-state index contributed by atoms with van der Waals surface area (Å²) in [7, 11) is 0. The number of urea groups is 1. The zero-order chi connectivity index (χ0) is 21.1. The number of halogens is 2. The molecule has 2 aromatic carbocycles. The zero-order valence-corrected chi connectivity index (χ0v) is 15.6. The third-order valence-electron chi connectivity index (χ3n) is 4.62. The maximum Gasteiger partial charge on any atom is 0.319 e. The van der Waals surface area contributed by atoms with E-state index >= 15 is 0 Å². The first kappa shape index (κ1) is 19.5. The summed E-state index contributed by atoms with van der Waals surface area (Å²) >= 11 is 0. The van der Waals surface area contributed by atoms with E-state index in [4.69, 9.17) is 4.52 Å². The average molecular weight is 413 g/mol. The van der Waals surface area contributed by atoms with Crippen molar-refractivity contribution in [3.63, 3.8) is 0 Å². The number of nitrogens with zero attached hydrogens (tertiary/aromatic N) is 3. The van der Waals surface area contributed by atoms with Crippen molar-refractivity contribution < 1.29 is 22.9 Å². The Morgan fingerprint density at radius 3 is 2.70 bits per heavy atom. The van der Waals surface area contributed by atoms with Gasteiger partial charge in [0.2, 0.25) is 11.8 Å². The Bertz CT molecular complexity index is 1070. The van der Waals surface area contributed by atoms with E-state index < -0.39 is 17.7 Å². The largest absolute Gasteiger partial charge is 0.337 e. The third kappa shape index (κ3) is 4.27. The van der Waals surface area contributed by atoms with Crippen LogP contribution in [-0.4, -0.2) is 28.6 Å². The molecule has 1 saturated heterocycles. The van der Waals surface area contributed by atoms with Crippen LogP contribution >= 0.6 is 0 Å². The van der Waals surface area contributed by atoms with Crippen LogP contribution in [0.4, 0.5) is 25.0 Å². The molecule has 2 N–H and O–H groups in total. The Hall–Kier alpha value is -3.82. The fraction of sp³-hybridized carbons (Fsp3) is 0.200. The lowest BCUT2D eigenvalue weighted by atomic mass is 10.1. The topological polar surface area (TPSA) is 100 Å². The molecule has 1 aromatic heterocycles. The van der Waals surface area contributed by atoms with Gasteiger partial charge in [0, 0.05) is 24.6 Å². The number of carbonyl (C=O) groups excluding carboxylic acids is 2. The molecule has 10 heteroatoms. The van der Waals surface area contributed by atoms with Gasteiger partial charge in [-0.15, -0.1) is 0 Å². The number of benzene rings is 2. The van der Waals surface area contributed by atoms with Gasteiger partial charge in [-0.3, -0.25) is 4.79 Å². The van der Waals surface area contributed by atoms with Crippen LogP contribution in [-0.2, 0) is 11.3 Å². The number of hydrogen-bond donors (Lipinski definition) is 2. The summed E-state index contributed by atoms with van der Waals surface area (Å²) in [6, 6.07) is 10.8. The molecule has 30 heavy (non-hydrogen) atoms. The van der Waals surface area contributed by atoms with E-state index in [1.165, 1.54) is 35.2 Å². The number of anilines is 2. The minimum Gasteiger partial charge on any atom is -0.337 e. The van der Waals surface area contributed by atoms with Gasteiger partial charge in [-0.2, -0.15) is 4.98 Å². The Morgan fingerprint density at radius 1 is 1.17 bits per heavy atom. The molecule has 1 fully saturated rings. The van der Waals surface area contributed by atoms with E-state index in [9.17, 15) is 18.4 Å². The highest BCUT2D eigenvalue weighted by atomic mass is 19.1. The molecule has 3 amide bonds. The first-order valence-electron chi connectivity index (χ1n) is 9.17. The average Bonchev–Trinajstić information content (AvgIpc) is 3.35. The molecule has 0 aliphatic carbocycles. The van der Waals surface area contributed by atoms with E-state index in [-0.39, 0.29) is 42.9 Å². The number of para-hydroxylation sites is 1. The minimum absolute atomic E-state index is 0.0300. The third-order valence-corrected chi connectivity index (χ3v) is 4.62. The maximum absolute atomic E-state index is 14.0. The molecule has 2 heterocycles. The number of carbonyl (C=O) groups is 2. The van der Waals surface area contributed by atoms with Crippen LogP contribution in [0.2, 0.25) is 0 Å². The molecular weight excluding hydrogens is 396 g/mol. The van der Waals surface area contributed by atoms with Crippen molar-refractivity contribution in [2.24, 2.45) is 0 Å². The Labute approximate surface area is 169 Å². The van der Waals surface area contributed by atoms with E-state index in [1.807, 2.05) is 0 Å². The summed E-state index contributed by atoms with van der Waals surface area (Å²) in [5.41, 5.74) is 0.644. The molecule has 0 spiro atoms. The molecule has 3 aromatic rings. The van der Waals surface area contributed by atoms with Gasteiger partial charge in [-0.05, 0) is 36.4 Å². The van der Waals surface area contributed by atoms with Gasteiger partial charge in [0.25, 0.3) is 0 Å². The van der Waals surface area contributed by atoms with Crippen LogP contribution in [0.25, 0.3) is 0 Å². The predicted octanol–water partition coefficient (Wildman–Crippen LogP) is 3.19. The molecule has 0 saturated carbocycles. The van der Waals surface area contributed by atoms with Gasteiger partial charge in [0.1, 0.15) is 11.6 Å². The SMILES string of the molecule is O=C(NCc1nc([C@@H]2CC(=O)N(c3ccccc3F)C2)no1)Nc1ccc(F)cc1. The van der Waals surface area contributed by atoms with E-state index in [2.05, 4.69) is 20.8 Å². The van der Waals surface area contributed by atoms with Crippen LogP contribution in [0.5, 0.6) is 0 Å². The number of amides is 3. The summed E-state index contributed by atoms with van der Waals surface area (Å²) in [6.07, 6.45) is 0.131. The van der Waals surface area contributed by atoms with Crippen LogP contribution in [0.1, 0.15) is 24.1 Å². The smallest absolute Gasteiger partial charge is 0.319 e. The van der Waals surface area contributed by atoms with Gasteiger partial charge in [0.15, 0.2) is 5.82 Å². The van der Waals surface area contributed by atoms with Gasteiger partial charge in [-0.25, -0.2) is 13.6 Å². The van der Waals surface area contributed by atoms with Crippen LogP contribution in [0.3, 0.4) is 0 Å². The highest BCUT2D eigenvalue weighted by Crippen LogP contribution is 2.31. The van der Waals surface area contributed by atoms with Crippen molar-refractivity contribution in [2.45, 2.75) is 18.9 Å². The molecule has 1 aliphatic rings. The van der Waals surface area contributed by atoms with E-state index in [1.54, 1.807) is 18.2 Å². The summed E-state index contributed by atoms with van der Waals surface area (Å²) in [4.78, 5) is 29.8. The van der Waals surface area contributed by atoms with Crippen molar-refractivity contribution in [3.8, 4) is 0 Å². The van der Waals surface area contributed by atoms with Crippen molar-refractivity contribution in [2.75, 3.05) is 16.8 Å². The minimum atomic E-state index is -0.525. The predicted molar refractivity (Wildman–Crippen MR) is 103 cm³/mol. The number of nitrogens with one attached hydrogen (secondary N) is 2. The Morgan fingerprint density at radius 2 is 1.93 bits per heavy atom. The molecule has 0 bridgehead atoms. The van der Waals surface area contributed by atoms with Crippen LogP contribution in [0.15, 0.2) is 53.1 Å². The highest BCUT2D eigenvalue weighted by Gasteiger charge is 2.35. The molecule has 154 valence electrons. The fourth-order valence-corrected chi connectivity index (χ4v) is 3.15. The van der Waals surface area contributed by atoms with Crippen molar-refractivity contribution in [1.29, 1.82) is 0 Å². The van der Waals surface area contributed by atoms with Gasteiger partial charge < -0.3 is 20.1 Å². The summed E-state index contributed by atoms with van der Waals surface area (Å²) < 4.78 is 32.0. The lowest BCUT2D eigenvalue weighted by Gasteiger charge is -2.16. The molecule has 0 unspecified atom stereocenters. The first-order valence-corrected chi connectivity index (χ1v) is 9.17. The zero-order valence-electron chi connectivity index (χ0n) is 15.6. The first-order chi connectivity index (χ1) is 14.5. The summed E-state index contributed by atoms with van der Waals surface area (Å²) in [5, 5.41) is 8.98. The fourth-order valence-electron chi connectivity index (χ4n) is 3.15. The molecular formula is C20H17F2N5O3. The number of rotatable bonds is 5. The lowest BCUT2D eigenvalue weighted by Crippen LogP contribution is -2.28. The van der Waals surface area contributed by atoms with Gasteiger partial charge in [-0.1, -0.05) is 17.3 Å². The lowest BCUT2D eigenvalue weighted by molar-refractivity contribution is -0.117. The number of hydrogen-bond acceptors (Lipinski definition) is 5. The second kappa shape index (κ2) is 8.27. The van der Waals surface area contributed by atoms with E-state index in [0.717, 1.165) is 0 Å². The van der Waals surface area contributed by atoms with Crippen LogP contribution < -0.4 is 15.5 Å². The van der Waals surface area contributed by atoms with Gasteiger partial charge in [0.05, 0.1) is 12.2 Å². The van der Waals surface area contributed by atoms with E-state index in [0.29, 0.717) is 11.5 Å².